The highest BCUT2D eigenvalue weighted by atomic mass is 19.4. The quantitative estimate of drug-likeness (QED) is 0.209. The van der Waals surface area contributed by atoms with Gasteiger partial charge >= 0.3 is 6.18 Å². The number of pyridine rings is 2. The summed E-state index contributed by atoms with van der Waals surface area (Å²) < 4.78 is 42.6. The van der Waals surface area contributed by atoms with Crippen molar-refractivity contribution in [3.05, 3.63) is 120 Å². The van der Waals surface area contributed by atoms with Crippen LogP contribution in [-0.2, 0) is 13.2 Å². The van der Waals surface area contributed by atoms with Gasteiger partial charge in [0, 0.05) is 59.1 Å². The molecule has 0 saturated heterocycles. The molecule has 0 aliphatic heterocycles. The third-order valence-corrected chi connectivity index (χ3v) is 7.00. The Balaban J connectivity index is 1.25. The van der Waals surface area contributed by atoms with Crippen molar-refractivity contribution in [1.82, 2.24) is 19.7 Å². The van der Waals surface area contributed by atoms with Crippen LogP contribution < -0.4 is 10.6 Å². The highest BCUT2D eigenvalue weighted by molar-refractivity contribution is 6.05. The lowest BCUT2D eigenvalue weighted by atomic mass is 10.0. The molecular weight excluding hydrogens is 553 g/mol. The van der Waals surface area contributed by atoms with E-state index in [-0.39, 0.29) is 16.8 Å². The van der Waals surface area contributed by atoms with E-state index in [0.717, 1.165) is 39.7 Å². The lowest BCUT2D eigenvalue weighted by Crippen LogP contribution is -2.14. The van der Waals surface area contributed by atoms with Gasteiger partial charge in [-0.25, -0.2) is 4.98 Å². The number of carbonyl (C=O) groups excluding carboxylic acids is 1. The van der Waals surface area contributed by atoms with E-state index < -0.39 is 17.6 Å². The largest absolute Gasteiger partial charge is 0.416 e. The molecule has 6 rings (SSSR count). The first-order valence-corrected chi connectivity index (χ1v) is 13.3. The van der Waals surface area contributed by atoms with Crippen LogP contribution in [0.2, 0.25) is 0 Å². The minimum absolute atomic E-state index is 0.0205. The maximum atomic E-state index is 13.7. The van der Waals surface area contributed by atoms with Gasteiger partial charge < -0.3 is 10.6 Å². The van der Waals surface area contributed by atoms with Crippen molar-refractivity contribution in [2.24, 2.45) is 7.05 Å². The summed E-state index contributed by atoms with van der Waals surface area (Å²) in [6.45, 7) is 1.88. The number of hydrogen-bond acceptors (Lipinski definition) is 5. The van der Waals surface area contributed by atoms with Gasteiger partial charge in [0.2, 0.25) is 0 Å². The highest BCUT2D eigenvalue weighted by Gasteiger charge is 2.31. The number of nitrogens with zero attached hydrogens (tertiary/aromatic N) is 4. The number of aromatic nitrogens is 4. The monoisotopic (exact) mass is 578 g/mol. The van der Waals surface area contributed by atoms with E-state index in [1.165, 1.54) is 16.9 Å². The van der Waals surface area contributed by atoms with Gasteiger partial charge in [-0.1, -0.05) is 24.3 Å². The van der Waals surface area contributed by atoms with Crippen LogP contribution in [0.4, 0.5) is 30.4 Å². The zero-order valence-corrected chi connectivity index (χ0v) is 23.1. The van der Waals surface area contributed by atoms with Crippen LogP contribution in [0.25, 0.3) is 33.2 Å². The first-order chi connectivity index (χ1) is 20.6. The molecule has 0 unspecified atom stereocenters. The van der Waals surface area contributed by atoms with E-state index in [1.54, 1.807) is 37.6 Å². The molecule has 214 valence electrons. The van der Waals surface area contributed by atoms with Crippen molar-refractivity contribution >= 4 is 34.0 Å². The third kappa shape index (κ3) is 6.08. The third-order valence-electron chi connectivity index (χ3n) is 7.00. The van der Waals surface area contributed by atoms with Crippen LogP contribution in [0.3, 0.4) is 0 Å². The van der Waals surface area contributed by atoms with Crippen molar-refractivity contribution < 1.29 is 18.0 Å². The van der Waals surface area contributed by atoms with E-state index in [1.807, 2.05) is 49.5 Å². The van der Waals surface area contributed by atoms with Gasteiger partial charge in [-0.2, -0.15) is 18.3 Å². The molecule has 0 atom stereocenters. The van der Waals surface area contributed by atoms with Crippen LogP contribution in [-0.4, -0.2) is 25.7 Å². The minimum Gasteiger partial charge on any atom is -0.340 e. The standard InChI is InChI=1S/C33H25F3N6O/c1-20-7-8-23(32(43)40-28-13-24(26-18-39-42(2)19-26)12-27(16-28)33(34,35)36)14-30(20)41-31-15-21(9-10-37-31)25-11-22-5-3-4-6-29(22)38-17-25/h3-19H,1-2H3,(H,37,41)(H,40,43). The van der Waals surface area contributed by atoms with E-state index in [2.05, 4.69) is 31.8 Å². The summed E-state index contributed by atoms with van der Waals surface area (Å²) in [5.41, 5.74) is 4.44. The maximum absolute atomic E-state index is 13.7. The highest BCUT2D eigenvalue weighted by Crippen LogP contribution is 2.35. The van der Waals surface area contributed by atoms with Gasteiger partial charge in [-0.15, -0.1) is 0 Å². The Hall–Kier alpha value is -5.51. The zero-order valence-electron chi connectivity index (χ0n) is 23.1. The summed E-state index contributed by atoms with van der Waals surface area (Å²) in [5, 5.41) is 11.0. The van der Waals surface area contributed by atoms with Gasteiger partial charge in [-0.05, 0) is 78.2 Å². The van der Waals surface area contributed by atoms with Gasteiger partial charge in [0.1, 0.15) is 5.82 Å². The lowest BCUT2D eigenvalue weighted by molar-refractivity contribution is -0.137. The second-order valence-corrected chi connectivity index (χ2v) is 10.2. The van der Waals surface area contributed by atoms with Crippen molar-refractivity contribution in [2.75, 3.05) is 10.6 Å². The Morgan fingerprint density at radius 2 is 1.67 bits per heavy atom. The summed E-state index contributed by atoms with van der Waals surface area (Å²) in [6.07, 6.45) is 1.98. The number of para-hydroxylation sites is 1. The van der Waals surface area contributed by atoms with E-state index in [9.17, 15) is 18.0 Å². The SMILES string of the molecule is Cc1ccc(C(=O)Nc2cc(-c3cnn(C)c3)cc(C(F)(F)F)c2)cc1Nc1cc(-c2cnc3ccccc3c2)ccn1. The predicted octanol–water partition coefficient (Wildman–Crippen LogP) is 8.02. The fourth-order valence-electron chi connectivity index (χ4n) is 4.75. The summed E-state index contributed by atoms with van der Waals surface area (Å²) in [6, 6.07) is 22.2. The molecule has 1 amide bonds. The van der Waals surface area contributed by atoms with E-state index >= 15 is 0 Å². The first-order valence-electron chi connectivity index (χ1n) is 13.3. The number of rotatable bonds is 6. The molecule has 43 heavy (non-hydrogen) atoms. The summed E-state index contributed by atoms with van der Waals surface area (Å²) >= 11 is 0. The topological polar surface area (TPSA) is 84.7 Å². The molecule has 0 fully saturated rings. The molecule has 0 spiro atoms. The van der Waals surface area contributed by atoms with Gasteiger partial charge in [0.25, 0.3) is 5.91 Å². The number of fused-ring (bicyclic) bond motifs is 1. The van der Waals surface area contributed by atoms with Crippen LogP contribution >= 0.6 is 0 Å². The Kier molecular flexibility index (Phi) is 7.11. The smallest absolute Gasteiger partial charge is 0.340 e. The number of benzene rings is 3. The molecule has 0 aliphatic rings. The second kappa shape index (κ2) is 11.1. The molecular formula is C33H25F3N6O. The molecule has 10 heteroatoms. The Bertz CT molecular complexity index is 1980. The van der Waals surface area contributed by atoms with E-state index in [0.29, 0.717) is 17.1 Å². The molecule has 3 aromatic heterocycles. The normalized spacial score (nSPS) is 11.5. The number of halogens is 3. The van der Waals surface area contributed by atoms with Crippen molar-refractivity contribution in [1.29, 1.82) is 0 Å². The number of carbonyl (C=O) groups is 1. The molecule has 6 aromatic rings. The maximum Gasteiger partial charge on any atom is 0.416 e. The Morgan fingerprint density at radius 3 is 2.47 bits per heavy atom. The fraction of sp³-hybridized carbons (Fsp3) is 0.0909. The number of nitrogens with one attached hydrogen (secondary N) is 2. The fourth-order valence-corrected chi connectivity index (χ4v) is 4.75. The van der Waals surface area contributed by atoms with Crippen LogP contribution in [0.5, 0.6) is 0 Å². The number of anilines is 3. The van der Waals surface area contributed by atoms with Crippen LogP contribution in [0.1, 0.15) is 21.5 Å². The van der Waals surface area contributed by atoms with E-state index in [4.69, 9.17) is 0 Å². The first kappa shape index (κ1) is 27.6. The molecule has 0 saturated carbocycles. The molecule has 7 nitrogen and oxygen atoms in total. The average Bonchev–Trinajstić information content (AvgIpc) is 3.44. The minimum atomic E-state index is -4.59. The van der Waals surface area contributed by atoms with Crippen molar-refractivity contribution in [3.8, 4) is 22.3 Å². The molecule has 0 aliphatic carbocycles. The lowest BCUT2D eigenvalue weighted by Gasteiger charge is -2.14. The summed E-state index contributed by atoms with van der Waals surface area (Å²) in [5.74, 6) is 0.00812. The summed E-state index contributed by atoms with van der Waals surface area (Å²) in [4.78, 5) is 22.2. The number of aryl methyl sites for hydroxylation is 2. The molecule has 0 bridgehead atoms. The average molecular weight is 579 g/mol. The van der Waals surface area contributed by atoms with Crippen LogP contribution in [0, 0.1) is 6.92 Å². The van der Waals surface area contributed by atoms with Crippen molar-refractivity contribution in [2.45, 2.75) is 13.1 Å². The summed E-state index contributed by atoms with van der Waals surface area (Å²) in [7, 11) is 1.68. The van der Waals surface area contributed by atoms with Gasteiger partial charge in [0.05, 0.1) is 17.3 Å². The second-order valence-electron chi connectivity index (χ2n) is 10.2. The Morgan fingerprint density at radius 1 is 0.837 bits per heavy atom. The zero-order chi connectivity index (χ0) is 30.1. The number of amides is 1. The molecule has 3 aromatic carbocycles. The van der Waals surface area contributed by atoms with Crippen LogP contribution in [0.15, 0.2) is 104 Å². The van der Waals surface area contributed by atoms with Gasteiger partial charge in [-0.3, -0.25) is 14.5 Å². The number of hydrogen-bond donors (Lipinski definition) is 2. The Labute approximate surface area is 245 Å². The van der Waals surface area contributed by atoms with Gasteiger partial charge in [0.15, 0.2) is 0 Å². The molecule has 0 radical (unpaired) electrons. The predicted molar refractivity (Wildman–Crippen MR) is 161 cm³/mol. The number of alkyl halides is 3. The van der Waals surface area contributed by atoms with Crippen molar-refractivity contribution in [3.63, 3.8) is 0 Å². The molecule has 2 N–H and O–H groups in total. The molecule has 3 heterocycles.